The molecule has 5 heteroatoms. The molecule has 3 nitrogen and oxygen atoms in total. The summed E-state index contributed by atoms with van der Waals surface area (Å²) >= 11 is 1.73. The Kier molecular flexibility index (Phi) is 6.12. The molecule has 1 amide bonds. The largest absolute Gasteiger partial charge is 0.341 e. The zero-order valence-electron chi connectivity index (χ0n) is 10.9. The standard InChI is InChI=1S/C13H20N2OS.ClH/c1-10-5-7-17-12(10)9-15(2)13(16)8-11-4-3-6-14-11;/h5,7,11,14H,3-4,6,8-9H2,1-2H3;1H. The Morgan fingerprint density at radius 2 is 2.39 bits per heavy atom. The van der Waals surface area contributed by atoms with Gasteiger partial charge in [-0.05, 0) is 43.3 Å². The van der Waals surface area contributed by atoms with Crippen molar-refractivity contribution in [2.45, 2.75) is 38.8 Å². The van der Waals surface area contributed by atoms with Gasteiger partial charge in [0.25, 0.3) is 0 Å². The van der Waals surface area contributed by atoms with Crippen molar-refractivity contribution in [1.29, 1.82) is 0 Å². The second-order valence-corrected chi connectivity index (χ2v) is 5.77. The summed E-state index contributed by atoms with van der Waals surface area (Å²) in [6, 6.07) is 2.51. The van der Waals surface area contributed by atoms with Crippen molar-refractivity contribution in [2.24, 2.45) is 0 Å². The summed E-state index contributed by atoms with van der Waals surface area (Å²) in [4.78, 5) is 15.2. The first-order valence-corrected chi connectivity index (χ1v) is 7.05. The van der Waals surface area contributed by atoms with Crippen LogP contribution in [0.3, 0.4) is 0 Å². The molecule has 1 saturated heterocycles. The second-order valence-electron chi connectivity index (χ2n) is 4.77. The first kappa shape index (κ1) is 15.5. The third-order valence-electron chi connectivity index (χ3n) is 3.36. The zero-order valence-corrected chi connectivity index (χ0v) is 12.6. The lowest BCUT2D eigenvalue weighted by molar-refractivity contribution is -0.130. The number of hydrogen-bond acceptors (Lipinski definition) is 3. The van der Waals surface area contributed by atoms with E-state index < -0.39 is 0 Å². The van der Waals surface area contributed by atoms with Gasteiger partial charge in [-0.3, -0.25) is 4.79 Å². The number of halogens is 1. The van der Waals surface area contributed by atoms with Gasteiger partial charge in [-0.1, -0.05) is 0 Å². The van der Waals surface area contributed by atoms with E-state index in [2.05, 4.69) is 23.7 Å². The highest BCUT2D eigenvalue weighted by Crippen LogP contribution is 2.18. The van der Waals surface area contributed by atoms with Gasteiger partial charge < -0.3 is 10.2 Å². The lowest BCUT2D eigenvalue weighted by atomic mass is 10.1. The first-order valence-electron chi connectivity index (χ1n) is 6.17. The number of aryl methyl sites for hydroxylation is 1. The quantitative estimate of drug-likeness (QED) is 0.924. The lowest BCUT2D eigenvalue weighted by Gasteiger charge is -2.19. The third-order valence-corrected chi connectivity index (χ3v) is 4.37. The molecule has 1 aromatic heterocycles. The lowest BCUT2D eigenvalue weighted by Crippen LogP contribution is -2.33. The molecule has 0 radical (unpaired) electrons. The molecule has 1 N–H and O–H groups in total. The van der Waals surface area contributed by atoms with Crippen molar-refractivity contribution >= 4 is 29.7 Å². The maximum absolute atomic E-state index is 12.0. The fourth-order valence-electron chi connectivity index (χ4n) is 2.17. The molecule has 1 atom stereocenters. The number of rotatable bonds is 4. The number of thiophene rings is 1. The van der Waals surface area contributed by atoms with Crippen LogP contribution in [0, 0.1) is 6.92 Å². The van der Waals surface area contributed by atoms with Crippen LogP contribution in [-0.2, 0) is 11.3 Å². The molecule has 0 spiro atoms. The van der Waals surface area contributed by atoms with Crippen LogP contribution in [0.2, 0.25) is 0 Å². The van der Waals surface area contributed by atoms with Crippen molar-refractivity contribution in [3.05, 3.63) is 21.9 Å². The van der Waals surface area contributed by atoms with E-state index in [0.717, 1.165) is 19.5 Å². The van der Waals surface area contributed by atoms with Crippen molar-refractivity contribution in [3.8, 4) is 0 Å². The number of carbonyl (C=O) groups is 1. The van der Waals surface area contributed by atoms with Gasteiger partial charge in [0.05, 0.1) is 6.54 Å². The van der Waals surface area contributed by atoms with E-state index in [-0.39, 0.29) is 18.3 Å². The third kappa shape index (κ3) is 3.97. The number of nitrogens with one attached hydrogen (secondary N) is 1. The van der Waals surface area contributed by atoms with Gasteiger partial charge in [0.1, 0.15) is 0 Å². The molecule has 2 rings (SSSR count). The van der Waals surface area contributed by atoms with Gasteiger partial charge in [-0.25, -0.2) is 0 Å². The molecule has 0 bridgehead atoms. The minimum Gasteiger partial charge on any atom is -0.341 e. The SMILES string of the molecule is Cc1ccsc1CN(C)C(=O)CC1CCCN1.Cl. The van der Waals surface area contributed by atoms with Crippen LogP contribution in [0.25, 0.3) is 0 Å². The molecular formula is C13H21ClN2OS. The first-order chi connectivity index (χ1) is 8.16. The van der Waals surface area contributed by atoms with Crippen LogP contribution in [-0.4, -0.2) is 30.4 Å². The monoisotopic (exact) mass is 288 g/mol. The van der Waals surface area contributed by atoms with Crippen LogP contribution >= 0.6 is 23.7 Å². The maximum atomic E-state index is 12.0. The Morgan fingerprint density at radius 3 is 2.94 bits per heavy atom. The molecule has 0 aromatic carbocycles. The van der Waals surface area contributed by atoms with E-state index in [1.54, 1.807) is 11.3 Å². The molecule has 1 fully saturated rings. The highest BCUT2D eigenvalue weighted by Gasteiger charge is 2.20. The van der Waals surface area contributed by atoms with E-state index in [1.165, 1.54) is 16.9 Å². The van der Waals surface area contributed by atoms with Crippen LogP contribution < -0.4 is 5.32 Å². The fraction of sp³-hybridized carbons (Fsp3) is 0.615. The minimum absolute atomic E-state index is 0. The van der Waals surface area contributed by atoms with E-state index >= 15 is 0 Å². The molecule has 1 unspecified atom stereocenters. The number of amides is 1. The van der Waals surface area contributed by atoms with Gasteiger partial charge >= 0.3 is 0 Å². The Hall–Kier alpha value is -0.580. The molecule has 102 valence electrons. The summed E-state index contributed by atoms with van der Waals surface area (Å²) < 4.78 is 0. The summed E-state index contributed by atoms with van der Waals surface area (Å²) in [5.41, 5.74) is 1.29. The van der Waals surface area contributed by atoms with Crippen molar-refractivity contribution in [2.75, 3.05) is 13.6 Å². The minimum atomic E-state index is 0. The highest BCUT2D eigenvalue weighted by molar-refractivity contribution is 7.10. The van der Waals surface area contributed by atoms with Gasteiger partial charge in [0.2, 0.25) is 5.91 Å². The van der Waals surface area contributed by atoms with Gasteiger partial charge in [-0.2, -0.15) is 0 Å². The molecule has 18 heavy (non-hydrogen) atoms. The highest BCUT2D eigenvalue weighted by atomic mass is 35.5. The summed E-state index contributed by atoms with van der Waals surface area (Å²) in [7, 11) is 1.90. The Labute approximate surface area is 119 Å². The van der Waals surface area contributed by atoms with Crippen molar-refractivity contribution in [1.82, 2.24) is 10.2 Å². The zero-order chi connectivity index (χ0) is 12.3. The van der Waals surface area contributed by atoms with Gasteiger partial charge in [-0.15, -0.1) is 23.7 Å². The van der Waals surface area contributed by atoms with Crippen molar-refractivity contribution in [3.63, 3.8) is 0 Å². The number of carbonyl (C=O) groups excluding carboxylic acids is 1. The summed E-state index contributed by atoms with van der Waals surface area (Å²) in [6.45, 7) is 3.91. The normalized spacial score (nSPS) is 18.4. The molecule has 1 aliphatic heterocycles. The topological polar surface area (TPSA) is 32.3 Å². The molecule has 0 aliphatic carbocycles. The summed E-state index contributed by atoms with van der Waals surface area (Å²) in [5, 5.41) is 5.45. The van der Waals surface area contributed by atoms with E-state index in [1.807, 2.05) is 11.9 Å². The molecule has 1 aromatic rings. The van der Waals surface area contributed by atoms with Crippen LogP contribution in [0.15, 0.2) is 11.4 Å². The molecular weight excluding hydrogens is 268 g/mol. The van der Waals surface area contributed by atoms with Gasteiger partial charge in [0.15, 0.2) is 0 Å². The Morgan fingerprint density at radius 1 is 1.61 bits per heavy atom. The fourth-order valence-corrected chi connectivity index (χ4v) is 3.13. The predicted octanol–water partition coefficient (Wildman–Crippen LogP) is 2.58. The smallest absolute Gasteiger partial charge is 0.224 e. The van der Waals surface area contributed by atoms with Crippen LogP contribution in [0.5, 0.6) is 0 Å². The van der Waals surface area contributed by atoms with E-state index in [9.17, 15) is 4.79 Å². The molecule has 0 saturated carbocycles. The van der Waals surface area contributed by atoms with Gasteiger partial charge in [0, 0.05) is 24.4 Å². The summed E-state index contributed by atoms with van der Waals surface area (Å²) in [5.74, 6) is 0.247. The van der Waals surface area contributed by atoms with Crippen LogP contribution in [0.1, 0.15) is 29.7 Å². The Balaban J connectivity index is 0.00000162. The van der Waals surface area contributed by atoms with Crippen molar-refractivity contribution < 1.29 is 4.79 Å². The number of nitrogens with zero attached hydrogens (tertiary/aromatic N) is 1. The second kappa shape index (κ2) is 7.12. The average molecular weight is 289 g/mol. The van der Waals surface area contributed by atoms with E-state index in [0.29, 0.717) is 12.5 Å². The molecule has 1 aliphatic rings. The number of hydrogen-bond donors (Lipinski definition) is 1. The van der Waals surface area contributed by atoms with E-state index in [4.69, 9.17) is 0 Å². The average Bonchev–Trinajstić information content (AvgIpc) is 2.91. The van der Waals surface area contributed by atoms with Crippen LogP contribution in [0.4, 0.5) is 0 Å². The predicted molar refractivity (Wildman–Crippen MR) is 78.4 cm³/mol. The Bertz CT molecular complexity index is 388. The maximum Gasteiger partial charge on any atom is 0.224 e. The molecule has 2 heterocycles. The summed E-state index contributed by atoms with van der Waals surface area (Å²) in [6.07, 6.45) is 2.98.